The van der Waals surface area contributed by atoms with Gasteiger partial charge in [-0.25, -0.2) is 8.78 Å². The summed E-state index contributed by atoms with van der Waals surface area (Å²) in [4.78, 5) is 16.1. The van der Waals surface area contributed by atoms with E-state index >= 15 is 0 Å². The first-order valence-corrected chi connectivity index (χ1v) is 17.2. The first kappa shape index (κ1) is 33.8. The molecule has 4 rings (SSSR count). The predicted molar refractivity (Wildman–Crippen MR) is 170 cm³/mol. The van der Waals surface area contributed by atoms with Crippen molar-refractivity contribution in [2.24, 2.45) is 5.92 Å². The Kier molecular flexibility index (Phi) is 12.8. The number of aliphatic hydroxyl groups excluding tert-OH is 1. The number of nitrogens with zero attached hydrogens (tertiary/aromatic N) is 1. The molecule has 2 fully saturated rings. The third kappa shape index (κ3) is 9.72. The molecule has 0 bridgehead atoms. The smallest absolute Gasteiger partial charge is 0.237 e. The number of amides is 1. The predicted octanol–water partition coefficient (Wildman–Crippen LogP) is 5.06. The van der Waals surface area contributed by atoms with Crippen molar-refractivity contribution in [1.29, 1.82) is 0 Å². The van der Waals surface area contributed by atoms with Crippen LogP contribution in [0.15, 0.2) is 42.5 Å². The second-order valence-electron chi connectivity index (χ2n) is 12.1. The quantitative estimate of drug-likeness (QED) is 0.231. The van der Waals surface area contributed by atoms with Gasteiger partial charge >= 0.3 is 0 Å². The highest BCUT2D eigenvalue weighted by Crippen LogP contribution is 2.45. The van der Waals surface area contributed by atoms with Crippen LogP contribution in [0, 0.1) is 17.6 Å². The van der Waals surface area contributed by atoms with Gasteiger partial charge in [0.1, 0.15) is 11.6 Å². The first-order valence-electron chi connectivity index (χ1n) is 15.9. The van der Waals surface area contributed by atoms with Crippen molar-refractivity contribution in [1.82, 2.24) is 15.5 Å². The van der Waals surface area contributed by atoms with E-state index in [0.717, 1.165) is 63.6 Å². The Bertz CT molecular complexity index is 1150. The fourth-order valence-corrected chi connectivity index (χ4v) is 6.65. The third-order valence-corrected chi connectivity index (χ3v) is 9.65. The number of thioether (sulfide) groups is 1. The molecule has 1 saturated heterocycles. The van der Waals surface area contributed by atoms with Gasteiger partial charge in [0.2, 0.25) is 5.91 Å². The zero-order chi connectivity index (χ0) is 30.8. The minimum Gasteiger partial charge on any atom is -0.390 e. The van der Waals surface area contributed by atoms with Crippen LogP contribution >= 0.6 is 11.8 Å². The second-order valence-corrected chi connectivity index (χ2v) is 13.1. The standard InChI is InChI=1S/C34H49F2N3O3S/c1-4-24-7-6-8-27(17-24)34(12-13-34)37-22-32(40)30(20-26-18-28(35)21-29(36)19-26)38-33(41)31(11-16-43-3)39-14-9-25(10-15-39)23-42-5-2/h6-8,17-19,21,25,30-32,37,40H,4-5,9-16,20,22-23H2,1-3H3,(H,38,41)/t30-,31-,32-/m0/s1. The number of benzene rings is 2. The molecule has 0 aromatic heterocycles. The van der Waals surface area contributed by atoms with Gasteiger partial charge in [-0.05, 0) is 112 Å². The first-order chi connectivity index (χ1) is 20.8. The number of ether oxygens (including phenoxy) is 1. The van der Waals surface area contributed by atoms with Gasteiger partial charge in [0, 0.05) is 31.4 Å². The molecule has 2 aromatic rings. The van der Waals surface area contributed by atoms with E-state index in [4.69, 9.17) is 4.74 Å². The van der Waals surface area contributed by atoms with Crippen LogP contribution in [-0.2, 0) is 27.9 Å². The molecular formula is C34H49F2N3O3S. The molecule has 238 valence electrons. The van der Waals surface area contributed by atoms with Crippen LogP contribution < -0.4 is 10.6 Å². The van der Waals surface area contributed by atoms with Gasteiger partial charge in [-0.3, -0.25) is 9.69 Å². The van der Waals surface area contributed by atoms with Gasteiger partial charge in [0.15, 0.2) is 0 Å². The Morgan fingerprint density at radius 3 is 2.47 bits per heavy atom. The molecule has 9 heteroatoms. The molecule has 2 aliphatic rings. The number of aliphatic hydroxyl groups is 1. The van der Waals surface area contributed by atoms with Crippen molar-refractivity contribution in [2.45, 2.75) is 82.5 Å². The molecule has 2 aromatic carbocycles. The largest absolute Gasteiger partial charge is 0.390 e. The lowest BCUT2D eigenvalue weighted by Gasteiger charge is -2.38. The van der Waals surface area contributed by atoms with E-state index in [9.17, 15) is 18.7 Å². The van der Waals surface area contributed by atoms with E-state index in [0.29, 0.717) is 24.5 Å². The van der Waals surface area contributed by atoms with Crippen LogP contribution in [-0.4, -0.2) is 79.0 Å². The van der Waals surface area contributed by atoms with E-state index in [1.165, 1.54) is 23.3 Å². The number of aryl methyl sites for hydroxylation is 1. The molecule has 3 atom stereocenters. The van der Waals surface area contributed by atoms with Gasteiger partial charge in [-0.1, -0.05) is 31.2 Å². The summed E-state index contributed by atoms with van der Waals surface area (Å²) in [5.74, 6) is -0.159. The van der Waals surface area contributed by atoms with Gasteiger partial charge in [-0.15, -0.1) is 0 Å². The molecule has 1 aliphatic heterocycles. The van der Waals surface area contributed by atoms with Crippen LogP contribution in [0.25, 0.3) is 0 Å². The van der Waals surface area contributed by atoms with E-state index in [-0.39, 0.29) is 30.5 Å². The molecule has 1 amide bonds. The van der Waals surface area contributed by atoms with E-state index in [1.54, 1.807) is 11.8 Å². The molecule has 1 saturated carbocycles. The average Bonchev–Trinajstić information content (AvgIpc) is 3.80. The summed E-state index contributed by atoms with van der Waals surface area (Å²) in [7, 11) is 0. The molecule has 43 heavy (non-hydrogen) atoms. The fourth-order valence-electron chi connectivity index (χ4n) is 6.19. The van der Waals surface area contributed by atoms with Crippen molar-refractivity contribution < 1.29 is 23.4 Å². The summed E-state index contributed by atoms with van der Waals surface area (Å²) in [5, 5.41) is 18.2. The summed E-state index contributed by atoms with van der Waals surface area (Å²) in [6.07, 6.45) is 6.72. The second kappa shape index (κ2) is 16.3. The normalized spacial score (nSPS) is 19.1. The number of hydrogen-bond acceptors (Lipinski definition) is 6. The van der Waals surface area contributed by atoms with Crippen molar-refractivity contribution >= 4 is 17.7 Å². The van der Waals surface area contributed by atoms with E-state index < -0.39 is 23.8 Å². The number of hydrogen-bond donors (Lipinski definition) is 3. The number of likely N-dealkylation sites (tertiary alicyclic amines) is 1. The van der Waals surface area contributed by atoms with E-state index in [2.05, 4.69) is 46.7 Å². The van der Waals surface area contributed by atoms with Gasteiger partial charge < -0.3 is 20.5 Å². The maximum Gasteiger partial charge on any atom is 0.237 e. The van der Waals surface area contributed by atoms with Crippen molar-refractivity contribution in [3.63, 3.8) is 0 Å². The van der Waals surface area contributed by atoms with Crippen molar-refractivity contribution in [2.75, 3.05) is 44.9 Å². The average molecular weight is 618 g/mol. The molecule has 6 nitrogen and oxygen atoms in total. The highest BCUT2D eigenvalue weighted by Gasteiger charge is 2.44. The molecule has 0 radical (unpaired) electrons. The van der Waals surface area contributed by atoms with Crippen LogP contribution in [0.5, 0.6) is 0 Å². The number of nitrogens with one attached hydrogen (secondary N) is 2. The Hall–Kier alpha value is -2.04. The molecule has 1 aliphatic carbocycles. The third-order valence-electron chi connectivity index (χ3n) is 9.00. The van der Waals surface area contributed by atoms with Crippen molar-refractivity contribution in [3.05, 3.63) is 70.8 Å². The molecule has 0 spiro atoms. The zero-order valence-electron chi connectivity index (χ0n) is 25.9. The Morgan fingerprint density at radius 1 is 1.12 bits per heavy atom. The van der Waals surface area contributed by atoms with Gasteiger partial charge in [-0.2, -0.15) is 11.8 Å². The number of piperidine rings is 1. The Balaban J connectivity index is 1.47. The maximum atomic E-state index is 14.1. The van der Waals surface area contributed by atoms with Crippen LogP contribution in [0.4, 0.5) is 8.78 Å². The summed E-state index contributed by atoms with van der Waals surface area (Å²) in [6, 6.07) is 10.9. The van der Waals surface area contributed by atoms with Gasteiger partial charge in [0.25, 0.3) is 0 Å². The number of carbonyl (C=O) groups excluding carboxylic acids is 1. The van der Waals surface area contributed by atoms with Crippen LogP contribution in [0.3, 0.4) is 0 Å². The fraction of sp³-hybridized carbons (Fsp3) is 0.618. The maximum absolute atomic E-state index is 14.1. The SMILES string of the molecule is CCOCC1CCN([C@@H](CCSC)C(=O)N[C@@H](Cc2cc(F)cc(F)c2)[C@@H](O)CNC2(c3cccc(CC)c3)CC2)CC1. The monoisotopic (exact) mass is 617 g/mol. The molecular weight excluding hydrogens is 568 g/mol. The van der Waals surface area contributed by atoms with Crippen molar-refractivity contribution in [3.8, 4) is 0 Å². The number of halogens is 2. The molecule has 1 heterocycles. The molecule has 3 N–H and O–H groups in total. The minimum atomic E-state index is -0.958. The number of carbonyl (C=O) groups is 1. The summed E-state index contributed by atoms with van der Waals surface area (Å²) in [6.45, 7) is 7.47. The summed E-state index contributed by atoms with van der Waals surface area (Å²) >= 11 is 1.70. The Labute approximate surface area is 260 Å². The lowest BCUT2D eigenvalue weighted by molar-refractivity contribution is -0.128. The lowest BCUT2D eigenvalue weighted by atomic mass is 9.95. The van der Waals surface area contributed by atoms with Crippen LogP contribution in [0.1, 0.15) is 62.6 Å². The highest BCUT2D eigenvalue weighted by molar-refractivity contribution is 7.98. The highest BCUT2D eigenvalue weighted by atomic mass is 32.2. The van der Waals surface area contributed by atoms with Gasteiger partial charge in [0.05, 0.1) is 18.2 Å². The summed E-state index contributed by atoms with van der Waals surface area (Å²) in [5.41, 5.74) is 2.67. The summed E-state index contributed by atoms with van der Waals surface area (Å²) < 4.78 is 33.8. The van der Waals surface area contributed by atoms with E-state index in [1.807, 2.05) is 13.2 Å². The zero-order valence-corrected chi connectivity index (χ0v) is 26.7. The van der Waals surface area contributed by atoms with Crippen LogP contribution in [0.2, 0.25) is 0 Å². The Morgan fingerprint density at radius 2 is 1.84 bits per heavy atom. The number of rotatable bonds is 17. The molecule has 0 unspecified atom stereocenters. The minimum absolute atomic E-state index is 0.118. The lowest BCUT2D eigenvalue weighted by Crippen LogP contribution is -2.56. The topological polar surface area (TPSA) is 73.8 Å².